The molecule has 0 aromatic carbocycles. The molecule has 0 radical (unpaired) electrons. The molecule has 4 heteroatoms. The van der Waals surface area contributed by atoms with E-state index in [2.05, 4.69) is 0 Å². The average molecular weight is 199 g/mol. The van der Waals surface area contributed by atoms with Gasteiger partial charge in [-0.25, -0.2) is 0 Å². The van der Waals surface area contributed by atoms with Crippen LogP contribution >= 0.6 is 11.8 Å². The molecule has 2 fully saturated rings. The summed E-state index contributed by atoms with van der Waals surface area (Å²) >= 11 is 1.13. The van der Waals surface area contributed by atoms with Gasteiger partial charge in [-0.1, -0.05) is 24.6 Å². The van der Waals surface area contributed by atoms with Crippen LogP contribution < -0.4 is 0 Å². The van der Waals surface area contributed by atoms with Crippen molar-refractivity contribution < 1.29 is 9.59 Å². The lowest BCUT2D eigenvalue weighted by Crippen LogP contribution is -2.32. The van der Waals surface area contributed by atoms with E-state index in [9.17, 15) is 9.59 Å². The molecule has 2 amide bonds. The Balaban J connectivity index is 1.92. The third-order valence-electron chi connectivity index (χ3n) is 2.76. The van der Waals surface area contributed by atoms with Crippen molar-refractivity contribution in [3.8, 4) is 0 Å². The first-order valence-corrected chi connectivity index (χ1v) is 5.73. The first kappa shape index (κ1) is 9.06. The largest absolute Gasteiger partial charge is 0.288 e. The second-order valence-electron chi connectivity index (χ2n) is 3.71. The second-order valence-corrected chi connectivity index (χ2v) is 4.64. The predicted molar refractivity (Wildman–Crippen MR) is 51.5 cm³/mol. The Morgan fingerprint density at radius 3 is 2.54 bits per heavy atom. The minimum Gasteiger partial charge on any atom is -0.273 e. The summed E-state index contributed by atoms with van der Waals surface area (Å²) in [6, 6.07) is 0. The lowest BCUT2D eigenvalue weighted by atomic mass is 10.1. The number of carbonyl (C=O) groups is 2. The monoisotopic (exact) mass is 199 g/mol. The van der Waals surface area contributed by atoms with E-state index in [0.29, 0.717) is 18.2 Å². The molecule has 1 saturated heterocycles. The zero-order chi connectivity index (χ0) is 9.26. The zero-order valence-electron chi connectivity index (χ0n) is 7.49. The maximum atomic E-state index is 11.3. The molecule has 0 N–H and O–H groups in total. The summed E-state index contributed by atoms with van der Waals surface area (Å²) in [4.78, 5) is 23.9. The minimum atomic E-state index is -0.0445. The Labute approximate surface area is 81.9 Å². The zero-order valence-corrected chi connectivity index (χ0v) is 8.31. The molecular weight excluding hydrogens is 186 g/mol. The van der Waals surface area contributed by atoms with Crippen LogP contribution in [0.2, 0.25) is 0 Å². The van der Waals surface area contributed by atoms with Crippen LogP contribution in [0.1, 0.15) is 25.7 Å². The summed E-state index contributed by atoms with van der Waals surface area (Å²) in [6.07, 6.45) is 4.88. The van der Waals surface area contributed by atoms with Gasteiger partial charge in [-0.2, -0.15) is 0 Å². The third-order valence-corrected chi connectivity index (χ3v) is 3.61. The van der Waals surface area contributed by atoms with E-state index in [4.69, 9.17) is 0 Å². The van der Waals surface area contributed by atoms with Gasteiger partial charge < -0.3 is 0 Å². The van der Waals surface area contributed by atoms with Crippen LogP contribution in [0.15, 0.2) is 0 Å². The highest BCUT2D eigenvalue weighted by atomic mass is 32.2. The predicted octanol–water partition coefficient (Wildman–Crippen LogP) is 1.87. The van der Waals surface area contributed by atoms with Gasteiger partial charge in [0.15, 0.2) is 0 Å². The van der Waals surface area contributed by atoms with Gasteiger partial charge in [0.25, 0.3) is 5.24 Å². The molecule has 72 valence electrons. The van der Waals surface area contributed by atoms with Crippen molar-refractivity contribution in [2.24, 2.45) is 5.92 Å². The van der Waals surface area contributed by atoms with E-state index in [-0.39, 0.29) is 11.1 Å². The molecule has 2 rings (SSSR count). The smallest absolute Gasteiger partial charge is 0.273 e. The number of imide groups is 1. The summed E-state index contributed by atoms with van der Waals surface area (Å²) < 4.78 is 0. The lowest BCUT2D eigenvalue weighted by molar-refractivity contribution is -0.125. The topological polar surface area (TPSA) is 37.4 Å². The number of carbonyl (C=O) groups excluding carboxylic acids is 2. The number of nitrogens with zero attached hydrogens (tertiary/aromatic N) is 1. The molecule has 0 aromatic heterocycles. The summed E-state index contributed by atoms with van der Waals surface area (Å²) in [5, 5.41) is -0.0445. The maximum absolute atomic E-state index is 11.3. The molecule has 1 aliphatic heterocycles. The van der Waals surface area contributed by atoms with E-state index in [0.717, 1.165) is 11.8 Å². The van der Waals surface area contributed by atoms with E-state index in [1.807, 2.05) is 0 Å². The Morgan fingerprint density at radius 2 is 2.00 bits per heavy atom. The summed E-state index contributed by atoms with van der Waals surface area (Å²) in [5.74, 6) is 0.930. The van der Waals surface area contributed by atoms with Crippen molar-refractivity contribution in [3.05, 3.63) is 0 Å². The van der Waals surface area contributed by atoms with Crippen LogP contribution in [0.4, 0.5) is 4.79 Å². The molecule has 0 unspecified atom stereocenters. The van der Waals surface area contributed by atoms with E-state index < -0.39 is 0 Å². The fourth-order valence-corrected chi connectivity index (χ4v) is 2.74. The summed E-state index contributed by atoms with van der Waals surface area (Å²) in [7, 11) is 0. The normalized spacial score (nSPS) is 24.8. The number of amides is 2. The highest BCUT2D eigenvalue weighted by Gasteiger charge is 2.32. The van der Waals surface area contributed by atoms with Crippen molar-refractivity contribution in [1.29, 1.82) is 0 Å². The van der Waals surface area contributed by atoms with Gasteiger partial charge in [0, 0.05) is 6.54 Å². The Bertz CT molecular complexity index is 220. The van der Waals surface area contributed by atoms with Gasteiger partial charge in [0.05, 0.1) is 5.75 Å². The van der Waals surface area contributed by atoms with Crippen molar-refractivity contribution in [3.63, 3.8) is 0 Å². The molecule has 0 bridgehead atoms. The van der Waals surface area contributed by atoms with E-state index in [1.165, 1.54) is 30.6 Å². The minimum absolute atomic E-state index is 0.00176. The molecule has 1 heterocycles. The highest BCUT2D eigenvalue weighted by molar-refractivity contribution is 8.14. The SMILES string of the molecule is O=C1CSC(=O)N1CC1CCCC1. The number of hydrogen-bond donors (Lipinski definition) is 0. The van der Waals surface area contributed by atoms with Crippen LogP contribution in [0, 0.1) is 5.92 Å². The lowest BCUT2D eigenvalue weighted by Gasteiger charge is -2.17. The van der Waals surface area contributed by atoms with Crippen molar-refractivity contribution >= 4 is 22.9 Å². The Hall–Kier alpha value is -0.510. The summed E-state index contributed by atoms with van der Waals surface area (Å²) in [6.45, 7) is 0.671. The standard InChI is InChI=1S/C9H13NO2S/c11-8-6-13-9(12)10(8)5-7-3-1-2-4-7/h7H,1-6H2. The van der Waals surface area contributed by atoms with Crippen LogP contribution in [0.5, 0.6) is 0 Å². The second kappa shape index (κ2) is 3.70. The van der Waals surface area contributed by atoms with Crippen molar-refractivity contribution in [2.75, 3.05) is 12.3 Å². The molecule has 0 spiro atoms. The molecule has 13 heavy (non-hydrogen) atoms. The van der Waals surface area contributed by atoms with Crippen molar-refractivity contribution in [2.45, 2.75) is 25.7 Å². The fraction of sp³-hybridized carbons (Fsp3) is 0.778. The van der Waals surface area contributed by atoms with Gasteiger partial charge in [0.2, 0.25) is 5.91 Å². The Morgan fingerprint density at radius 1 is 1.31 bits per heavy atom. The highest BCUT2D eigenvalue weighted by Crippen LogP contribution is 2.28. The van der Waals surface area contributed by atoms with Crippen LogP contribution in [-0.2, 0) is 4.79 Å². The van der Waals surface area contributed by atoms with Crippen LogP contribution in [0.25, 0.3) is 0 Å². The van der Waals surface area contributed by atoms with E-state index >= 15 is 0 Å². The fourth-order valence-electron chi connectivity index (χ4n) is 2.01. The van der Waals surface area contributed by atoms with Gasteiger partial charge in [-0.15, -0.1) is 0 Å². The summed E-state index contributed by atoms with van der Waals surface area (Å²) in [5.41, 5.74) is 0. The first-order chi connectivity index (χ1) is 6.27. The average Bonchev–Trinajstić information content (AvgIpc) is 2.70. The molecule has 2 aliphatic rings. The molecule has 3 nitrogen and oxygen atoms in total. The number of thioether (sulfide) groups is 1. The number of hydrogen-bond acceptors (Lipinski definition) is 3. The quantitative estimate of drug-likeness (QED) is 0.681. The van der Waals surface area contributed by atoms with Gasteiger partial charge in [0.1, 0.15) is 0 Å². The third kappa shape index (κ3) is 1.88. The number of rotatable bonds is 2. The van der Waals surface area contributed by atoms with Crippen LogP contribution in [0.3, 0.4) is 0 Å². The molecule has 1 aliphatic carbocycles. The van der Waals surface area contributed by atoms with Crippen LogP contribution in [-0.4, -0.2) is 28.3 Å². The molecule has 1 saturated carbocycles. The van der Waals surface area contributed by atoms with Gasteiger partial charge in [-0.3, -0.25) is 14.5 Å². The van der Waals surface area contributed by atoms with Crippen molar-refractivity contribution in [1.82, 2.24) is 4.90 Å². The van der Waals surface area contributed by atoms with E-state index in [1.54, 1.807) is 0 Å². The first-order valence-electron chi connectivity index (χ1n) is 4.74. The molecular formula is C9H13NO2S. The van der Waals surface area contributed by atoms with Gasteiger partial charge in [-0.05, 0) is 18.8 Å². The van der Waals surface area contributed by atoms with Gasteiger partial charge >= 0.3 is 0 Å². The molecule has 0 aromatic rings. The molecule has 0 atom stereocenters. The Kier molecular flexibility index (Phi) is 2.58. The maximum Gasteiger partial charge on any atom is 0.288 e.